The summed E-state index contributed by atoms with van der Waals surface area (Å²) in [7, 11) is 3.66. The summed E-state index contributed by atoms with van der Waals surface area (Å²) in [6, 6.07) is 17.0. The molecule has 2 saturated heterocycles. The third-order valence-electron chi connectivity index (χ3n) is 6.96. The molecule has 0 aliphatic carbocycles. The van der Waals surface area contributed by atoms with Gasteiger partial charge in [-0.15, -0.1) is 0 Å². The minimum Gasteiger partial charge on any atom is -0.496 e. The summed E-state index contributed by atoms with van der Waals surface area (Å²) in [4.78, 5) is 32.9. The molecule has 0 aromatic heterocycles. The Hall–Kier alpha value is -3.06. The highest BCUT2D eigenvalue weighted by molar-refractivity contribution is 5.97. The highest BCUT2D eigenvalue weighted by atomic mass is 16.5. The van der Waals surface area contributed by atoms with Crippen molar-refractivity contribution in [2.24, 2.45) is 5.41 Å². The van der Waals surface area contributed by atoms with Crippen molar-refractivity contribution in [1.29, 1.82) is 0 Å². The van der Waals surface area contributed by atoms with Crippen LogP contribution in [0.2, 0.25) is 0 Å². The first-order valence-electron chi connectivity index (χ1n) is 12.1. The molecule has 182 valence electrons. The van der Waals surface area contributed by atoms with Gasteiger partial charge in [-0.3, -0.25) is 9.59 Å². The third-order valence-corrected chi connectivity index (χ3v) is 6.96. The van der Waals surface area contributed by atoms with Gasteiger partial charge in [0.2, 0.25) is 5.91 Å². The van der Waals surface area contributed by atoms with Gasteiger partial charge < -0.3 is 24.2 Å². The Morgan fingerprint density at radius 1 is 0.912 bits per heavy atom. The molecule has 1 unspecified atom stereocenters. The number of nitrogens with zero attached hydrogens (tertiary/aromatic N) is 3. The number of ether oxygens (including phenoxy) is 2. The van der Waals surface area contributed by atoms with Crippen molar-refractivity contribution in [2.75, 3.05) is 60.0 Å². The Balaban J connectivity index is 1.53. The number of likely N-dealkylation sites (tertiary alicyclic amines) is 1. The van der Waals surface area contributed by atoms with Gasteiger partial charge in [-0.1, -0.05) is 30.3 Å². The van der Waals surface area contributed by atoms with Gasteiger partial charge in [0.25, 0.3) is 5.91 Å². The average Bonchev–Trinajstić information content (AvgIpc) is 2.88. The Morgan fingerprint density at radius 3 is 2.35 bits per heavy atom. The van der Waals surface area contributed by atoms with Gasteiger partial charge in [-0.25, -0.2) is 0 Å². The molecule has 1 atom stereocenters. The molecule has 0 N–H and O–H groups in total. The number of hydrogen-bond acceptors (Lipinski definition) is 5. The van der Waals surface area contributed by atoms with E-state index in [1.807, 2.05) is 52.3 Å². The molecule has 2 heterocycles. The van der Waals surface area contributed by atoms with E-state index < -0.39 is 5.41 Å². The van der Waals surface area contributed by atoms with Crippen LogP contribution in [0.3, 0.4) is 0 Å². The van der Waals surface area contributed by atoms with Crippen molar-refractivity contribution >= 4 is 11.8 Å². The Labute approximate surface area is 202 Å². The Bertz CT molecular complexity index is 975. The predicted molar refractivity (Wildman–Crippen MR) is 131 cm³/mol. The lowest BCUT2D eigenvalue weighted by molar-refractivity contribution is -0.137. The maximum absolute atomic E-state index is 13.5. The van der Waals surface area contributed by atoms with E-state index in [1.165, 1.54) is 0 Å². The van der Waals surface area contributed by atoms with Gasteiger partial charge in [-0.05, 0) is 44.2 Å². The summed E-state index contributed by atoms with van der Waals surface area (Å²) in [5, 5.41) is 0. The SMILES string of the molecule is COc1ccccc1C(=O)N1CCCC(COc2ccccc2)(CC(=O)N2CCN(C)CC2)C1. The molecule has 0 radical (unpaired) electrons. The van der Waals surface area contributed by atoms with Crippen LogP contribution in [0.4, 0.5) is 0 Å². The number of piperazine rings is 1. The number of benzene rings is 2. The molecule has 2 amide bonds. The number of amides is 2. The number of likely N-dealkylation sites (N-methyl/N-ethyl adjacent to an activating group) is 1. The molecule has 2 aliphatic heterocycles. The highest BCUT2D eigenvalue weighted by Crippen LogP contribution is 2.36. The summed E-state index contributed by atoms with van der Waals surface area (Å²) in [6.07, 6.45) is 2.04. The van der Waals surface area contributed by atoms with E-state index in [0.717, 1.165) is 44.8 Å². The maximum Gasteiger partial charge on any atom is 0.257 e. The molecule has 0 bridgehead atoms. The summed E-state index contributed by atoms with van der Waals surface area (Å²) < 4.78 is 11.6. The minimum absolute atomic E-state index is 0.0618. The van der Waals surface area contributed by atoms with Crippen LogP contribution in [0.25, 0.3) is 0 Å². The highest BCUT2D eigenvalue weighted by Gasteiger charge is 2.41. The molecule has 4 rings (SSSR count). The largest absolute Gasteiger partial charge is 0.496 e. The van der Waals surface area contributed by atoms with E-state index in [0.29, 0.717) is 37.4 Å². The topological polar surface area (TPSA) is 62.3 Å². The fraction of sp³-hybridized carbons (Fsp3) is 0.481. The zero-order valence-corrected chi connectivity index (χ0v) is 20.2. The molecule has 34 heavy (non-hydrogen) atoms. The molecule has 7 heteroatoms. The van der Waals surface area contributed by atoms with Crippen molar-refractivity contribution in [3.05, 3.63) is 60.2 Å². The number of hydrogen-bond donors (Lipinski definition) is 0. The van der Waals surface area contributed by atoms with Gasteiger partial charge >= 0.3 is 0 Å². The fourth-order valence-electron chi connectivity index (χ4n) is 4.93. The number of methoxy groups -OCH3 is 1. The molecule has 2 fully saturated rings. The summed E-state index contributed by atoms with van der Waals surface area (Å²) in [6.45, 7) is 4.80. The van der Waals surface area contributed by atoms with Crippen molar-refractivity contribution < 1.29 is 19.1 Å². The van der Waals surface area contributed by atoms with Crippen LogP contribution in [-0.4, -0.2) is 86.5 Å². The number of rotatable bonds is 7. The maximum atomic E-state index is 13.5. The van der Waals surface area contributed by atoms with E-state index in [2.05, 4.69) is 11.9 Å². The summed E-state index contributed by atoms with van der Waals surface area (Å²) >= 11 is 0. The van der Waals surface area contributed by atoms with Crippen LogP contribution in [0, 0.1) is 5.41 Å². The number of carbonyl (C=O) groups excluding carboxylic acids is 2. The monoisotopic (exact) mass is 465 g/mol. The zero-order valence-electron chi connectivity index (χ0n) is 20.2. The molecular formula is C27H35N3O4. The Kier molecular flexibility index (Phi) is 7.73. The lowest BCUT2D eigenvalue weighted by Crippen LogP contribution is -2.53. The van der Waals surface area contributed by atoms with Gasteiger partial charge in [0.1, 0.15) is 11.5 Å². The average molecular weight is 466 g/mol. The molecule has 7 nitrogen and oxygen atoms in total. The van der Waals surface area contributed by atoms with E-state index >= 15 is 0 Å². The second kappa shape index (κ2) is 10.9. The molecule has 0 saturated carbocycles. The van der Waals surface area contributed by atoms with Gasteiger partial charge in [-0.2, -0.15) is 0 Å². The second-order valence-electron chi connectivity index (χ2n) is 9.49. The molecule has 2 aromatic rings. The van der Waals surface area contributed by atoms with Gasteiger partial charge in [0.15, 0.2) is 0 Å². The third kappa shape index (κ3) is 5.70. The normalized spacial score (nSPS) is 21.2. The lowest BCUT2D eigenvalue weighted by Gasteiger charge is -2.43. The molecule has 0 spiro atoms. The first kappa shape index (κ1) is 24.1. The van der Waals surface area contributed by atoms with Gasteiger partial charge in [0, 0.05) is 51.1 Å². The molecular weight excluding hydrogens is 430 g/mol. The fourth-order valence-corrected chi connectivity index (χ4v) is 4.93. The Morgan fingerprint density at radius 2 is 1.62 bits per heavy atom. The van der Waals surface area contributed by atoms with Crippen LogP contribution in [0.15, 0.2) is 54.6 Å². The van der Waals surface area contributed by atoms with Crippen molar-refractivity contribution in [1.82, 2.24) is 14.7 Å². The van der Waals surface area contributed by atoms with Crippen LogP contribution >= 0.6 is 0 Å². The van der Waals surface area contributed by atoms with E-state index in [-0.39, 0.29) is 11.8 Å². The molecule has 2 aromatic carbocycles. The van der Waals surface area contributed by atoms with Crippen molar-refractivity contribution in [3.8, 4) is 11.5 Å². The smallest absolute Gasteiger partial charge is 0.257 e. The number of piperidine rings is 1. The zero-order chi connectivity index (χ0) is 24.0. The van der Waals surface area contributed by atoms with Crippen LogP contribution in [0.5, 0.6) is 11.5 Å². The first-order chi connectivity index (χ1) is 16.5. The summed E-state index contributed by atoms with van der Waals surface area (Å²) in [5.74, 6) is 1.43. The molecule has 2 aliphatic rings. The van der Waals surface area contributed by atoms with Crippen LogP contribution in [-0.2, 0) is 4.79 Å². The van der Waals surface area contributed by atoms with E-state index in [9.17, 15) is 9.59 Å². The second-order valence-corrected chi connectivity index (χ2v) is 9.49. The van der Waals surface area contributed by atoms with Crippen LogP contribution < -0.4 is 9.47 Å². The first-order valence-corrected chi connectivity index (χ1v) is 12.1. The standard InChI is InChI=1S/C27H35N3O4/c1-28-15-17-29(18-16-28)25(31)19-27(21-34-22-9-4-3-5-10-22)13-8-14-30(20-27)26(32)23-11-6-7-12-24(23)33-2/h3-7,9-12H,8,13-21H2,1-2H3. The summed E-state index contributed by atoms with van der Waals surface area (Å²) in [5.41, 5.74) is 0.113. The van der Waals surface area contributed by atoms with Crippen molar-refractivity contribution in [3.63, 3.8) is 0 Å². The lowest BCUT2D eigenvalue weighted by atomic mass is 9.77. The minimum atomic E-state index is -0.438. The van der Waals surface area contributed by atoms with Gasteiger partial charge in [0.05, 0.1) is 19.3 Å². The number of carbonyl (C=O) groups is 2. The van der Waals surface area contributed by atoms with Crippen LogP contribution in [0.1, 0.15) is 29.6 Å². The van der Waals surface area contributed by atoms with Crippen molar-refractivity contribution in [2.45, 2.75) is 19.3 Å². The predicted octanol–water partition coefficient (Wildman–Crippen LogP) is 3.16. The van der Waals surface area contributed by atoms with E-state index in [4.69, 9.17) is 9.47 Å². The quantitative estimate of drug-likeness (QED) is 0.629. The van der Waals surface area contributed by atoms with E-state index in [1.54, 1.807) is 19.2 Å². The number of para-hydroxylation sites is 2.